The fraction of sp³-hybridized carbons (Fsp3) is 0.357. The lowest BCUT2D eigenvalue weighted by Gasteiger charge is -2.17. The zero-order chi connectivity index (χ0) is 13.9. The van der Waals surface area contributed by atoms with Crippen LogP contribution in [0.4, 0.5) is 5.69 Å². The normalized spacial score (nSPS) is 13.3. The van der Waals surface area contributed by atoms with Gasteiger partial charge in [-0.3, -0.25) is 9.48 Å². The lowest BCUT2D eigenvalue weighted by Crippen LogP contribution is -2.29. The third kappa shape index (κ3) is 2.36. The number of ether oxygens (including phenoxy) is 1. The molecule has 0 atom stereocenters. The topological polar surface area (TPSA) is 60.2 Å². The smallest absolute Gasteiger partial charge is 0.228 e. The van der Waals surface area contributed by atoms with Crippen LogP contribution in [-0.2, 0) is 17.8 Å². The Morgan fingerprint density at radius 1 is 1.45 bits per heavy atom. The van der Waals surface area contributed by atoms with Crippen molar-refractivity contribution in [3.05, 3.63) is 36.2 Å². The molecule has 2 aromatic rings. The number of aromatic nitrogens is 3. The molecule has 0 radical (unpaired) electrons. The Morgan fingerprint density at radius 3 is 3.10 bits per heavy atom. The average Bonchev–Trinajstić information content (AvgIpc) is 3.13. The van der Waals surface area contributed by atoms with Gasteiger partial charge in [0.25, 0.3) is 0 Å². The molecule has 1 aliphatic heterocycles. The second-order valence-electron chi connectivity index (χ2n) is 4.71. The van der Waals surface area contributed by atoms with Crippen LogP contribution < -0.4 is 9.64 Å². The molecule has 1 amide bonds. The summed E-state index contributed by atoms with van der Waals surface area (Å²) in [5, 5.41) is 7.59. The highest BCUT2D eigenvalue weighted by Crippen LogP contribution is 2.31. The monoisotopic (exact) mass is 272 g/mol. The van der Waals surface area contributed by atoms with E-state index in [0.717, 1.165) is 24.4 Å². The summed E-state index contributed by atoms with van der Waals surface area (Å²) in [6, 6.07) is 5.84. The predicted octanol–water partition coefficient (Wildman–Crippen LogP) is 1.27. The van der Waals surface area contributed by atoms with Crippen LogP contribution in [0.1, 0.15) is 12.0 Å². The molecule has 0 saturated heterocycles. The molecule has 6 nitrogen and oxygen atoms in total. The third-order valence-electron chi connectivity index (χ3n) is 3.51. The van der Waals surface area contributed by atoms with Gasteiger partial charge in [0.1, 0.15) is 5.75 Å². The largest absolute Gasteiger partial charge is 0.497 e. The maximum absolute atomic E-state index is 12.3. The summed E-state index contributed by atoms with van der Waals surface area (Å²) in [5.74, 6) is 0.949. The number of carbonyl (C=O) groups excluding carboxylic acids is 1. The van der Waals surface area contributed by atoms with E-state index in [1.54, 1.807) is 24.2 Å². The molecule has 2 heterocycles. The van der Waals surface area contributed by atoms with Gasteiger partial charge in [-0.25, -0.2) is 0 Å². The third-order valence-corrected chi connectivity index (χ3v) is 3.51. The molecule has 1 aliphatic rings. The Bertz CT molecular complexity index is 610. The van der Waals surface area contributed by atoms with Crippen molar-refractivity contribution in [1.82, 2.24) is 15.0 Å². The number of anilines is 1. The van der Waals surface area contributed by atoms with E-state index in [1.807, 2.05) is 23.1 Å². The van der Waals surface area contributed by atoms with E-state index in [9.17, 15) is 4.79 Å². The summed E-state index contributed by atoms with van der Waals surface area (Å²) >= 11 is 0. The molecule has 0 bridgehead atoms. The summed E-state index contributed by atoms with van der Waals surface area (Å²) in [7, 11) is 1.65. The van der Waals surface area contributed by atoms with E-state index in [2.05, 4.69) is 10.3 Å². The fourth-order valence-electron chi connectivity index (χ4n) is 2.46. The molecule has 0 saturated carbocycles. The Balaban J connectivity index is 1.69. The number of nitrogens with zero attached hydrogens (tertiary/aromatic N) is 4. The van der Waals surface area contributed by atoms with Crippen LogP contribution in [0, 0.1) is 0 Å². The zero-order valence-corrected chi connectivity index (χ0v) is 11.3. The quantitative estimate of drug-likeness (QED) is 0.841. The summed E-state index contributed by atoms with van der Waals surface area (Å²) in [5.41, 5.74) is 2.16. The van der Waals surface area contributed by atoms with E-state index in [1.165, 1.54) is 5.56 Å². The van der Waals surface area contributed by atoms with Crippen molar-refractivity contribution in [3.63, 3.8) is 0 Å². The van der Waals surface area contributed by atoms with Gasteiger partial charge in [-0.05, 0) is 30.2 Å². The average molecular weight is 272 g/mol. The molecular weight excluding hydrogens is 256 g/mol. The fourth-order valence-corrected chi connectivity index (χ4v) is 2.46. The summed E-state index contributed by atoms with van der Waals surface area (Å²) in [6.07, 6.45) is 4.68. The van der Waals surface area contributed by atoms with Crippen LogP contribution in [0.2, 0.25) is 0 Å². The SMILES string of the molecule is COc1ccc2c(c1)CCN2C(=O)CCn1ccnn1. The maximum Gasteiger partial charge on any atom is 0.228 e. The first-order valence-electron chi connectivity index (χ1n) is 6.59. The molecule has 0 unspecified atom stereocenters. The standard InChI is InChI=1S/C14H16N4O2/c1-20-12-2-3-13-11(10-12)4-8-18(13)14(19)5-7-17-9-6-15-16-17/h2-3,6,9-10H,4-5,7-8H2,1H3. The molecular formula is C14H16N4O2. The molecule has 3 rings (SSSR count). The Hall–Kier alpha value is -2.37. The number of rotatable bonds is 4. The van der Waals surface area contributed by atoms with E-state index in [4.69, 9.17) is 4.74 Å². The highest BCUT2D eigenvalue weighted by atomic mass is 16.5. The first-order chi connectivity index (χ1) is 9.78. The van der Waals surface area contributed by atoms with Crippen LogP contribution in [0.3, 0.4) is 0 Å². The number of carbonyl (C=O) groups is 1. The van der Waals surface area contributed by atoms with Crippen molar-refractivity contribution in [1.29, 1.82) is 0 Å². The number of benzene rings is 1. The Kier molecular flexibility index (Phi) is 3.37. The van der Waals surface area contributed by atoms with Gasteiger partial charge in [-0.15, -0.1) is 5.10 Å². The van der Waals surface area contributed by atoms with Crippen LogP contribution in [0.25, 0.3) is 0 Å². The van der Waals surface area contributed by atoms with Gasteiger partial charge < -0.3 is 9.64 Å². The number of methoxy groups -OCH3 is 1. The first kappa shape index (κ1) is 12.7. The van der Waals surface area contributed by atoms with Crippen molar-refractivity contribution in [2.45, 2.75) is 19.4 Å². The summed E-state index contributed by atoms with van der Waals surface area (Å²) in [4.78, 5) is 14.1. The lowest BCUT2D eigenvalue weighted by molar-refractivity contribution is -0.118. The van der Waals surface area contributed by atoms with Crippen molar-refractivity contribution < 1.29 is 9.53 Å². The molecule has 6 heteroatoms. The van der Waals surface area contributed by atoms with Crippen molar-refractivity contribution in [2.24, 2.45) is 0 Å². The highest BCUT2D eigenvalue weighted by Gasteiger charge is 2.24. The minimum absolute atomic E-state index is 0.115. The van der Waals surface area contributed by atoms with Gasteiger partial charge in [0, 0.05) is 24.8 Å². The predicted molar refractivity (Wildman–Crippen MR) is 73.7 cm³/mol. The molecule has 0 fully saturated rings. The minimum Gasteiger partial charge on any atom is -0.497 e. The van der Waals surface area contributed by atoms with E-state index < -0.39 is 0 Å². The van der Waals surface area contributed by atoms with Crippen molar-refractivity contribution >= 4 is 11.6 Å². The van der Waals surface area contributed by atoms with E-state index in [-0.39, 0.29) is 5.91 Å². The molecule has 0 N–H and O–H groups in total. The van der Waals surface area contributed by atoms with Crippen molar-refractivity contribution in [3.8, 4) is 5.75 Å². The summed E-state index contributed by atoms with van der Waals surface area (Å²) in [6.45, 7) is 1.29. The van der Waals surface area contributed by atoms with Gasteiger partial charge in [0.05, 0.1) is 19.9 Å². The second kappa shape index (κ2) is 5.32. The molecule has 1 aromatic heterocycles. The minimum atomic E-state index is 0.115. The number of hydrogen-bond acceptors (Lipinski definition) is 4. The van der Waals surface area contributed by atoms with Crippen LogP contribution in [-0.4, -0.2) is 34.6 Å². The highest BCUT2D eigenvalue weighted by molar-refractivity contribution is 5.95. The zero-order valence-electron chi connectivity index (χ0n) is 11.3. The van der Waals surface area contributed by atoms with Crippen LogP contribution in [0.5, 0.6) is 5.75 Å². The Labute approximate surface area is 117 Å². The Morgan fingerprint density at radius 2 is 2.35 bits per heavy atom. The number of fused-ring (bicyclic) bond motifs is 1. The van der Waals surface area contributed by atoms with Gasteiger partial charge in [0.2, 0.25) is 5.91 Å². The number of hydrogen-bond donors (Lipinski definition) is 0. The van der Waals surface area contributed by atoms with Crippen LogP contribution >= 0.6 is 0 Å². The molecule has 0 aliphatic carbocycles. The summed E-state index contributed by atoms with van der Waals surface area (Å²) < 4.78 is 6.88. The van der Waals surface area contributed by atoms with Crippen molar-refractivity contribution in [2.75, 3.05) is 18.6 Å². The lowest BCUT2D eigenvalue weighted by atomic mass is 10.1. The molecule has 20 heavy (non-hydrogen) atoms. The first-order valence-corrected chi connectivity index (χ1v) is 6.59. The van der Waals surface area contributed by atoms with E-state index in [0.29, 0.717) is 13.0 Å². The van der Waals surface area contributed by atoms with Crippen LogP contribution in [0.15, 0.2) is 30.6 Å². The van der Waals surface area contributed by atoms with Gasteiger partial charge in [-0.1, -0.05) is 5.21 Å². The van der Waals surface area contributed by atoms with Gasteiger partial charge >= 0.3 is 0 Å². The molecule has 104 valence electrons. The molecule has 1 aromatic carbocycles. The second-order valence-corrected chi connectivity index (χ2v) is 4.71. The number of amides is 1. The molecule has 0 spiro atoms. The van der Waals surface area contributed by atoms with Gasteiger partial charge in [0.15, 0.2) is 0 Å². The number of aryl methyl sites for hydroxylation is 1. The van der Waals surface area contributed by atoms with E-state index >= 15 is 0 Å². The van der Waals surface area contributed by atoms with Gasteiger partial charge in [-0.2, -0.15) is 0 Å². The maximum atomic E-state index is 12.3.